The Hall–Kier alpha value is -2.53. The summed E-state index contributed by atoms with van der Waals surface area (Å²) in [6, 6.07) is 12.4. The fourth-order valence-electron chi connectivity index (χ4n) is 3.14. The molecular formula is C20H20ClNO4. The van der Waals surface area contributed by atoms with Crippen LogP contribution in [0.2, 0.25) is 5.02 Å². The van der Waals surface area contributed by atoms with Gasteiger partial charge in [-0.25, -0.2) is 4.79 Å². The predicted octanol–water partition coefficient (Wildman–Crippen LogP) is 3.51. The van der Waals surface area contributed by atoms with Crippen LogP contribution in [0.5, 0.6) is 5.75 Å². The van der Waals surface area contributed by atoms with Crippen LogP contribution in [0.3, 0.4) is 0 Å². The van der Waals surface area contributed by atoms with Crippen LogP contribution < -0.4 is 10.1 Å². The molecule has 0 bridgehead atoms. The van der Waals surface area contributed by atoms with Gasteiger partial charge in [0.05, 0.1) is 12.7 Å². The van der Waals surface area contributed by atoms with E-state index in [2.05, 4.69) is 5.32 Å². The third kappa shape index (κ3) is 3.99. The van der Waals surface area contributed by atoms with E-state index in [0.717, 1.165) is 17.5 Å². The van der Waals surface area contributed by atoms with Gasteiger partial charge in [0.2, 0.25) is 5.91 Å². The fourth-order valence-corrected chi connectivity index (χ4v) is 3.42. The number of methoxy groups -OCH3 is 1. The van der Waals surface area contributed by atoms with Crippen molar-refractivity contribution < 1.29 is 19.4 Å². The van der Waals surface area contributed by atoms with Crippen molar-refractivity contribution in [2.75, 3.05) is 13.7 Å². The standard InChI is InChI=1S/C20H20ClNO4/c1-26-18-10-13(20(24)25)7-6-12(18)8-9-22-19(23)16-11-15(16)14-4-2-3-5-17(14)21/h2-7,10,15-16H,8-9,11H2,1H3,(H,22,23)(H,24,25). The summed E-state index contributed by atoms with van der Waals surface area (Å²) in [6.45, 7) is 0.466. The lowest BCUT2D eigenvalue weighted by Gasteiger charge is -2.10. The Morgan fingerprint density at radius 3 is 2.73 bits per heavy atom. The van der Waals surface area contributed by atoms with E-state index >= 15 is 0 Å². The van der Waals surface area contributed by atoms with E-state index in [1.54, 1.807) is 6.07 Å². The smallest absolute Gasteiger partial charge is 0.335 e. The summed E-state index contributed by atoms with van der Waals surface area (Å²) in [5.74, 6) is -0.308. The van der Waals surface area contributed by atoms with E-state index in [-0.39, 0.29) is 23.3 Å². The van der Waals surface area contributed by atoms with Crippen LogP contribution in [0.25, 0.3) is 0 Å². The van der Waals surface area contributed by atoms with Crippen LogP contribution in [-0.4, -0.2) is 30.6 Å². The van der Waals surface area contributed by atoms with Gasteiger partial charge in [0, 0.05) is 17.5 Å². The number of aromatic carboxylic acids is 1. The highest BCUT2D eigenvalue weighted by atomic mass is 35.5. The molecule has 3 rings (SSSR count). The molecule has 1 aliphatic carbocycles. The van der Waals surface area contributed by atoms with E-state index in [1.807, 2.05) is 24.3 Å². The molecule has 2 N–H and O–H groups in total. The molecule has 2 aromatic carbocycles. The van der Waals surface area contributed by atoms with E-state index in [9.17, 15) is 9.59 Å². The number of hydrogen-bond acceptors (Lipinski definition) is 3. The number of hydrogen-bond donors (Lipinski definition) is 2. The van der Waals surface area contributed by atoms with Gasteiger partial charge in [0.15, 0.2) is 0 Å². The van der Waals surface area contributed by atoms with Crippen molar-refractivity contribution in [3.63, 3.8) is 0 Å². The van der Waals surface area contributed by atoms with Gasteiger partial charge in [-0.2, -0.15) is 0 Å². The first-order chi connectivity index (χ1) is 12.5. The monoisotopic (exact) mass is 373 g/mol. The molecule has 1 saturated carbocycles. The predicted molar refractivity (Wildman–Crippen MR) is 99.0 cm³/mol. The van der Waals surface area contributed by atoms with Crippen molar-refractivity contribution in [1.29, 1.82) is 0 Å². The minimum atomic E-state index is -0.998. The topological polar surface area (TPSA) is 75.6 Å². The molecule has 0 spiro atoms. The maximum atomic E-state index is 12.3. The Bertz CT molecular complexity index is 836. The van der Waals surface area contributed by atoms with Gasteiger partial charge in [0.25, 0.3) is 0 Å². The molecule has 0 saturated heterocycles. The molecule has 2 atom stereocenters. The number of ether oxygens (including phenoxy) is 1. The second-order valence-electron chi connectivity index (χ2n) is 6.34. The average Bonchev–Trinajstić information content (AvgIpc) is 3.42. The highest BCUT2D eigenvalue weighted by Gasteiger charge is 2.44. The molecule has 6 heteroatoms. The minimum Gasteiger partial charge on any atom is -0.496 e. The highest BCUT2D eigenvalue weighted by Crippen LogP contribution is 2.49. The van der Waals surface area contributed by atoms with Crippen LogP contribution in [-0.2, 0) is 11.2 Å². The fraction of sp³-hybridized carbons (Fsp3) is 0.300. The number of carbonyl (C=O) groups is 2. The second-order valence-corrected chi connectivity index (χ2v) is 6.75. The largest absolute Gasteiger partial charge is 0.496 e. The maximum absolute atomic E-state index is 12.3. The minimum absolute atomic E-state index is 0.0241. The number of halogens is 1. The lowest BCUT2D eigenvalue weighted by molar-refractivity contribution is -0.122. The number of amides is 1. The summed E-state index contributed by atoms with van der Waals surface area (Å²) < 4.78 is 5.25. The number of rotatable bonds is 7. The zero-order valence-corrected chi connectivity index (χ0v) is 15.1. The third-order valence-corrected chi connectivity index (χ3v) is 5.00. The van der Waals surface area contributed by atoms with E-state index < -0.39 is 5.97 Å². The Balaban J connectivity index is 1.54. The number of carboxylic acid groups (broad SMARTS) is 1. The first-order valence-electron chi connectivity index (χ1n) is 8.43. The van der Waals surface area contributed by atoms with Crippen LogP contribution in [0.15, 0.2) is 42.5 Å². The summed E-state index contributed by atoms with van der Waals surface area (Å²) in [4.78, 5) is 23.3. The normalized spacial score (nSPS) is 18.2. The molecule has 0 aromatic heterocycles. The van der Waals surface area contributed by atoms with Crippen LogP contribution in [0.4, 0.5) is 0 Å². The van der Waals surface area contributed by atoms with Crippen molar-refractivity contribution in [3.05, 3.63) is 64.2 Å². The molecule has 0 aliphatic heterocycles. The van der Waals surface area contributed by atoms with Gasteiger partial charge < -0.3 is 15.2 Å². The Morgan fingerprint density at radius 1 is 1.27 bits per heavy atom. The lowest BCUT2D eigenvalue weighted by Crippen LogP contribution is -2.27. The quantitative estimate of drug-likeness (QED) is 0.778. The van der Waals surface area contributed by atoms with Crippen molar-refractivity contribution in [3.8, 4) is 5.75 Å². The molecule has 1 amide bonds. The van der Waals surface area contributed by atoms with Gasteiger partial charge in [-0.15, -0.1) is 0 Å². The zero-order valence-electron chi connectivity index (χ0n) is 14.4. The summed E-state index contributed by atoms with van der Waals surface area (Å²) in [7, 11) is 1.50. The number of nitrogens with one attached hydrogen (secondary N) is 1. The van der Waals surface area contributed by atoms with E-state index in [0.29, 0.717) is 23.7 Å². The van der Waals surface area contributed by atoms with Crippen LogP contribution in [0, 0.1) is 5.92 Å². The molecule has 1 fully saturated rings. The molecule has 1 aliphatic rings. The molecule has 5 nitrogen and oxygen atoms in total. The van der Waals surface area contributed by atoms with Crippen molar-refractivity contribution in [2.24, 2.45) is 5.92 Å². The van der Waals surface area contributed by atoms with E-state index in [1.165, 1.54) is 19.2 Å². The summed E-state index contributed by atoms with van der Waals surface area (Å²) in [5, 5.41) is 12.7. The van der Waals surface area contributed by atoms with Crippen molar-refractivity contribution in [2.45, 2.75) is 18.8 Å². The number of carboxylic acids is 1. The molecule has 2 aromatic rings. The number of carbonyl (C=O) groups excluding carboxylic acids is 1. The second kappa shape index (κ2) is 7.79. The summed E-state index contributed by atoms with van der Waals surface area (Å²) in [6.07, 6.45) is 1.38. The molecule has 26 heavy (non-hydrogen) atoms. The van der Waals surface area contributed by atoms with Gasteiger partial charge in [-0.1, -0.05) is 35.9 Å². The lowest BCUT2D eigenvalue weighted by atomic mass is 10.1. The Morgan fingerprint density at radius 2 is 2.04 bits per heavy atom. The maximum Gasteiger partial charge on any atom is 0.335 e. The molecule has 2 unspecified atom stereocenters. The summed E-state index contributed by atoms with van der Waals surface area (Å²) >= 11 is 6.19. The van der Waals surface area contributed by atoms with Crippen molar-refractivity contribution >= 4 is 23.5 Å². The number of benzene rings is 2. The van der Waals surface area contributed by atoms with Crippen LogP contribution in [0.1, 0.15) is 33.8 Å². The summed E-state index contributed by atoms with van der Waals surface area (Å²) in [5.41, 5.74) is 2.06. The average molecular weight is 374 g/mol. The third-order valence-electron chi connectivity index (χ3n) is 4.66. The first kappa shape index (κ1) is 18.3. The molecule has 136 valence electrons. The Labute approximate surface area is 156 Å². The molecule has 0 radical (unpaired) electrons. The Kier molecular flexibility index (Phi) is 5.47. The van der Waals surface area contributed by atoms with Crippen molar-refractivity contribution in [1.82, 2.24) is 5.32 Å². The van der Waals surface area contributed by atoms with E-state index in [4.69, 9.17) is 21.4 Å². The van der Waals surface area contributed by atoms with Gasteiger partial charge in [-0.05, 0) is 48.1 Å². The van der Waals surface area contributed by atoms with Gasteiger partial charge in [0.1, 0.15) is 5.75 Å². The van der Waals surface area contributed by atoms with Gasteiger partial charge >= 0.3 is 5.97 Å². The zero-order chi connectivity index (χ0) is 18.7. The molecular weight excluding hydrogens is 354 g/mol. The molecule has 0 heterocycles. The van der Waals surface area contributed by atoms with Gasteiger partial charge in [-0.3, -0.25) is 4.79 Å². The van der Waals surface area contributed by atoms with Crippen LogP contribution >= 0.6 is 11.6 Å². The highest BCUT2D eigenvalue weighted by molar-refractivity contribution is 6.31. The first-order valence-corrected chi connectivity index (χ1v) is 8.81. The SMILES string of the molecule is COc1cc(C(=O)O)ccc1CCNC(=O)C1CC1c1ccccc1Cl.